The van der Waals surface area contributed by atoms with E-state index in [0.29, 0.717) is 18.1 Å². The summed E-state index contributed by atoms with van der Waals surface area (Å²) in [5.41, 5.74) is 2.49. The Kier molecular flexibility index (Phi) is 5.03. The molecule has 8 heteroatoms. The lowest BCUT2D eigenvalue weighted by atomic mass is 10.1. The first-order valence-electron chi connectivity index (χ1n) is 8.47. The van der Waals surface area contributed by atoms with E-state index in [1.807, 2.05) is 30.5 Å². The van der Waals surface area contributed by atoms with Crippen LogP contribution in [0.2, 0.25) is 0 Å². The summed E-state index contributed by atoms with van der Waals surface area (Å²) in [5.74, 6) is -0.724. The summed E-state index contributed by atoms with van der Waals surface area (Å²) in [7, 11) is 0. The number of halogens is 2. The van der Waals surface area contributed by atoms with Gasteiger partial charge in [-0.1, -0.05) is 15.9 Å². The van der Waals surface area contributed by atoms with Gasteiger partial charge in [0.2, 0.25) is 0 Å². The maximum absolute atomic E-state index is 13.7. The van der Waals surface area contributed by atoms with Gasteiger partial charge in [0.1, 0.15) is 17.3 Å². The molecule has 140 valence electrons. The van der Waals surface area contributed by atoms with Gasteiger partial charge in [-0.25, -0.2) is 14.4 Å². The molecule has 1 aromatic carbocycles. The molecule has 0 saturated carbocycles. The minimum absolute atomic E-state index is 0.127. The zero-order valence-electron chi connectivity index (χ0n) is 14.5. The number of rotatable bonds is 5. The summed E-state index contributed by atoms with van der Waals surface area (Å²) in [4.78, 5) is 24.0. The highest BCUT2D eigenvalue weighted by molar-refractivity contribution is 9.10. The summed E-state index contributed by atoms with van der Waals surface area (Å²) in [6.07, 6.45) is 4.60. The number of aromatic amines is 1. The van der Waals surface area contributed by atoms with Crippen LogP contribution in [0, 0.1) is 5.82 Å². The summed E-state index contributed by atoms with van der Waals surface area (Å²) >= 11 is 3.35. The number of H-pyrrole nitrogens is 1. The van der Waals surface area contributed by atoms with E-state index in [1.54, 1.807) is 18.3 Å². The number of hydrogen-bond acceptors (Lipinski definition) is 4. The smallest absolute Gasteiger partial charge is 0.259 e. The van der Waals surface area contributed by atoms with Crippen molar-refractivity contribution < 1.29 is 9.18 Å². The number of benzene rings is 1. The Hall–Kier alpha value is -3.26. The third kappa shape index (κ3) is 3.86. The van der Waals surface area contributed by atoms with Gasteiger partial charge in [-0.2, -0.15) is 0 Å². The molecule has 4 aromatic rings. The lowest BCUT2D eigenvalue weighted by molar-refractivity contribution is 0.102. The molecular weight excluding hydrogens is 425 g/mol. The first kappa shape index (κ1) is 18.1. The molecule has 28 heavy (non-hydrogen) atoms. The fourth-order valence-corrected chi connectivity index (χ4v) is 3.10. The number of hydrogen-bond donors (Lipinski definition) is 3. The molecule has 0 saturated heterocycles. The summed E-state index contributed by atoms with van der Waals surface area (Å²) in [5, 5.41) is 6.85. The van der Waals surface area contributed by atoms with Gasteiger partial charge in [0.15, 0.2) is 0 Å². The van der Waals surface area contributed by atoms with Crippen LogP contribution < -0.4 is 10.6 Å². The van der Waals surface area contributed by atoms with E-state index in [1.165, 1.54) is 6.07 Å². The van der Waals surface area contributed by atoms with Crippen LogP contribution in [0.3, 0.4) is 0 Å². The predicted molar refractivity (Wildman–Crippen MR) is 110 cm³/mol. The highest BCUT2D eigenvalue weighted by Gasteiger charge is 2.15. The number of nitrogens with zero attached hydrogens (tertiary/aromatic N) is 2. The average molecular weight is 440 g/mol. The van der Waals surface area contributed by atoms with Crippen molar-refractivity contribution in [3.63, 3.8) is 0 Å². The molecule has 0 atom stereocenters. The highest BCUT2D eigenvalue weighted by Crippen LogP contribution is 2.21. The number of amides is 1. The van der Waals surface area contributed by atoms with Crippen LogP contribution >= 0.6 is 15.9 Å². The fourth-order valence-electron chi connectivity index (χ4n) is 2.84. The summed E-state index contributed by atoms with van der Waals surface area (Å²) in [6.45, 7) is 0.411. The minimum atomic E-state index is -0.580. The first-order chi connectivity index (χ1) is 13.6. The quantitative estimate of drug-likeness (QED) is 0.419. The Bertz CT molecular complexity index is 1140. The third-order valence-corrected chi connectivity index (χ3v) is 4.73. The van der Waals surface area contributed by atoms with Crippen molar-refractivity contribution in [1.29, 1.82) is 0 Å². The van der Waals surface area contributed by atoms with Crippen LogP contribution in [0.25, 0.3) is 11.0 Å². The highest BCUT2D eigenvalue weighted by atomic mass is 79.9. The van der Waals surface area contributed by atoms with Crippen LogP contribution in [-0.4, -0.2) is 20.9 Å². The second kappa shape index (κ2) is 7.77. The molecular formula is C20H15BrFN5O. The van der Waals surface area contributed by atoms with Crippen molar-refractivity contribution in [2.75, 3.05) is 10.6 Å². The first-order valence-corrected chi connectivity index (χ1v) is 9.27. The van der Waals surface area contributed by atoms with Crippen molar-refractivity contribution in [2.45, 2.75) is 6.54 Å². The van der Waals surface area contributed by atoms with Crippen molar-refractivity contribution in [1.82, 2.24) is 15.0 Å². The molecule has 3 heterocycles. The maximum atomic E-state index is 13.7. The number of anilines is 2. The zero-order chi connectivity index (χ0) is 19.5. The van der Waals surface area contributed by atoms with Crippen LogP contribution in [0.4, 0.5) is 15.9 Å². The van der Waals surface area contributed by atoms with Gasteiger partial charge in [-0.3, -0.25) is 4.79 Å². The molecule has 0 aliphatic carbocycles. The Morgan fingerprint density at radius 3 is 2.79 bits per heavy atom. The molecule has 4 rings (SSSR count). The molecule has 0 fully saturated rings. The molecule has 0 radical (unpaired) electrons. The van der Waals surface area contributed by atoms with Gasteiger partial charge < -0.3 is 15.6 Å². The second-order valence-corrected chi connectivity index (χ2v) is 6.99. The molecule has 0 bridgehead atoms. The van der Waals surface area contributed by atoms with E-state index in [2.05, 4.69) is 41.5 Å². The van der Waals surface area contributed by atoms with Crippen molar-refractivity contribution >= 4 is 44.4 Å². The molecule has 0 spiro atoms. The second-order valence-electron chi connectivity index (χ2n) is 6.07. The largest absolute Gasteiger partial charge is 0.365 e. The molecule has 0 aliphatic heterocycles. The zero-order valence-corrected chi connectivity index (χ0v) is 16.1. The summed E-state index contributed by atoms with van der Waals surface area (Å²) in [6, 6.07) is 12.1. The van der Waals surface area contributed by atoms with Crippen molar-refractivity contribution in [3.8, 4) is 0 Å². The monoisotopic (exact) mass is 439 g/mol. The lowest BCUT2D eigenvalue weighted by Gasteiger charge is -2.12. The van der Waals surface area contributed by atoms with E-state index < -0.39 is 11.7 Å². The van der Waals surface area contributed by atoms with Gasteiger partial charge >= 0.3 is 0 Å². The van der Waals surface area contributed by atoms with E-state index in [0.717, 1.165) is 27.3 Å². The van der Waals surface area contributed by atoms with Gasteiger partial charge in [0.25, 0.3) is 5.91 Å². The average Bonchev–Trinajstić information content (AvgIpc) is 3.18. The van der Waals surface area contributed by atoms with E-state index in [9.17, 15) is 9.18 Å². The van der Waals surface area contributed by atoms with E-state index >= 15 is 0 Å². The van der Waals surface area contributed by atoms with Gasteiger partial charge in [0, 0.05) is 34.5 Å². The number of pyridine rings is 2. The fraction of sp³-hybridized carbons (Fsp3) is 0.0500. The predicted octanol–water partition coefficient (Wildman–Crippen LogP) is 4.72. The van der Waals surface area contributed by atoms with Crippen molar-refractivity contribution in [3.05, 3.63) is 82.5 Å². The van der Waals surface area contributed by atoms with E-state index in [4.69, 9.17) is 0 Å². The number of carbonyl (C=O) groups excluding carboxylic acids is 1. The normalized spacial score (nSPS) is 10.8. The van der Waals surface area contributed by atoms with Crippen LogP contribution in [-0.2, 0) is 6.54 Å². The number of fused-ring (bicyclic) bond motifs is 1. The molecule has 3 aromatic heterocycles. The lowest BCUT2D eigenvalue weighted by Crippen LogP contribution is -2.16. The topological polar surface area (TPSA) is 82.7 Å². The van der Waals surface area contributed by atoms with Crippen LogP contribution in [0.15, 0.2) is 65.5 Å². The van der Waals surface area contributed by atoms with E-state index in [-0.39, 0.29) is 5.56 Å². The Morgan fingerprint density at radius 2 is 1.96 bits per heavy atom. The molecule has 0 unspecified atom stereocenters. The minimum Gasteiger partial charge on any atom is -0.365 e. The Morgan fingerprint density at radius 1 is 1.14 bits per heavy atom. The Labute approximate surface area is 168 Å². The van der Waals surface area contributed by atoms with Crippen molar-refractivity contribution in [2.24, 2.45) is 0 Å². The van der Waals surface area contributed by atoms with Crippen LogP contribution in [0.5, 0.6) is 0 Å². The van der Waals surface area contributed by atoms with Crippen LogP contribution in [0.1, 0.15) is 15.9 Å². The molecule has 1 amide bonds. The standard InChI is InChI=1S/C20H15BrFN5O/c21-13-1-3-15(4-2-13)27-20(28)17-9-14(22)11-26-19(17)25-10-12-5-7-23-18-16(12)6-8-24-18/h1-9,11H,10H2,(H,23,24)(H,25,26)(H,27,28). The summed E-state index contributed by atoms with van der Waals surface area (Å²) < 4.78 is 14.6. The van der Waals surface area contributed by atoms with Gasteiger partial charge in [-0.15, -0.1) is 0 Å². The Balaban J connectivity index is 1.56. The third-order valence-electron chi connectivity index (χ3n) is 4.20. The number of nitrogens with one attached hydrogen (secondary N) is 3. The maximum Gasteiger partial charge on any atom is 0.259 e. The molecule has 0 aliphatic rings. The van der Waals surface area contributed by atoms with Gasteiger partial charge in [-0.05, 0) is 48.0 Å². The number of aromatic nitrogens is 3. The molecule has 6 nitrogen and oxygen atoms in total. The molecule has 3 N–H and O–H groups in total. The number of carbonyl (C=O) groups is 1. The SMILES string of the molecule is O=C(Nc1ccc(Br)cc1)c1cc(F)cnc1NCc1ccnc2[nH]ccc12. The van der Waals surface area contributed by atoms with Gasteiger partial charge in [0.05, 0.1) is 11.8 Å².